The van der Waals surface area contributed by atoms with Crippen LogP contribution >= 0.6 is 54.2 Å². The number of nitrogens with one attached hydrogen (secondary N) is 1. The highest BCUT2D eigenvalue weighted by molar-refractivity contribution is 7.50. The molecule has 1 aromatic carbocycles. The Morgan fingerprint density at radius 3 is 2.36 bits per heavy atom. The number of aromatic nitrogens is 2. The van der Waals surface area contributed by atoms with Gasteiger partial charge in [-0.3, -0.25) is 4.79 Å². The Bertz CT molecular complexity index is 804. The van der Waals surface area contributed by atoms with Gasteiger partial charge in [0.15, 0.2) is 10.8 Å². The van der Waals surface area contributed by atoms with Crippen LogP contribution in [0.4, 0.5) is 5.69 Å². The van der Waals surface area contributed by atoms with Crippen molar-refractivity contribution in [1.29, 1.82) is 0 Å². The van der Waals surface area contributed by atoms with Gasteiger partial charge in [-0.15, -0.1) is 0 Å². The fourth-order valence-corrected chi connectivity index (χ4v) is 3.13. The molecule has 1 aromatic heterocycles. The molecule has 3 N–H and O–H groups in total. The van der Waals surface area contributed by atoms with Gasteiger partial charge in [0.1, 0.15) is 5.02 Å². The lowest BCUT2D eigenvalue weighted by Gasteiger charge is -2.06. The lowest BCUT2D eigenvalue weighted by atomic mass is 10.3. The van der Waals surface area contributed by atoms with Gasteiger partial charge in [-0.2, -0.15) is 9.55 Å². The van der Waals surface area contributed by atoms with Gasteiger partial charge in [0.05, 0.1) is 10.7 Å². The average molecular weight is 405 g/mol. The van der Waals surface area contributed by atoms with Gasteiger partial charge in [-0.1, -0.05) is 46.4 Å². The molecule has 0 aliphatic rings. The molecule has 0 radical (unpaired) electrons. The maximum atomic E-state index is 12.1. The molecule has 2 rings (SSSR count). The van der Waals surface area contributed by atoms with E-state index in [4.69, 9.17) is 56.2 Å². The van der Waals surface area contributed by atoms with E-state index >= 15 is 0 Å². The van der Waals surface area contributed by atoms with Crippen LogP contribution in [0.2, 0.25) is 20.2 Å². The number of hydrogen-bond donors (Lipinski definition) is 3. The van der Waals surface area contributed by atoms with Crippen molar-refractivity contribution in [3.63, 3.8) is 0 Å². The summed E-state index contributed by atoms with van der Waals surface area (Å²) in [5.41, 5.74) is -0.241. The minimum atomic E-state index is -4.83. The zero-order chi connectivity index (χ0) is 16.7. The first-order valence-electron chi connectivity index (χ1n) is 5.38. The number of anilines is 1. The molecule has 0 spiro atoms. The van der Waals surface area contributed by atoms with Crippen LogP contribution in [-0.4, -0.2) is 25.2 Å². The minimum absolute atomic E-state index is 0.162. The Morgan fingerprint density at radius 1 is 1.23 bits per heavy atom. The summed E-state index contributed by atoms with van der Waals surface area (Å²) in [6.07, 6.45) is 0. The van der Waals surface area contributed by atoms with E-state index in [1.54, 1.807) is 0 Å². The molecule has 12 heteroatoms. The predicted molar refractivity (Wildman–Crippen MR) is 84.1 cm³/mol. The number of hydrogen-bond acceptors (Lipinski definition) is 3. The topological polar surface area (TPSA) is 104 Å². The van der Waals surface area contributed by atoms with E-state index in [1.807, 2.05) is 0 Å². The van der Waals surface area contributed by atoms with Crippen molar-refractivity contribution in [3.05, 3.63) is 44.1 Å². The maximum Gasteiger partial charge on any atom is 0.451 e. The summed E-state index contributed by atoms with van der Waals surface area (Å²) in [5.74, 6) is -0.844. The molecular formula is C10H6Cl4N3O4P. The van der Waals surface area contributed by atoms with Crippen LogP contribution in [0, 0.1) is 0 Å². The van der Waals surface area contributed by atoms with Gasteiger partial charge in [-0.25, -0.2) is 4.57 Å². The molecule has 0 fully saturated rings. The second-order valence-electron chi connectivity index (χ2n) is 3.93. The molecule has 0 saturated heterocycles. The van der Waals surface area contributed by atoms with Crippen LogP contribution in [-0.2, 0) is 4.57 Å². The number of halogens is 4. The predicted octanol–water partition coefficient (Wildman–Crippen LogP) is 3.69. The third-order valence-corrected chi connectivity index (χ3v) is 4.65. The van der Waals surface area contributed by atoms with Crippen LogP contribution in [0.3, 0.4) is 0 Å². The highest BCUT2D eigenvalue weighted by Gasteiger charge is 2.29. The Morgan fingerprint density at radius 2 is 1.86 bits per heavy atom. The molecule has 2 aromatic rings. The van der Waals surface area contributed by atoms with Crippen molar-refractivity contribution >= 4 is 65.7 Å². The summed E-state index contributed by atoms with van der Waals surface area (Å²) in [4.78, 5) is 30.2. The molecule has 1 amide bonds. The third-order valence-electron chi connectivity index (χ3n) is 2.40. The first kappa shape index (κ1) is 17.6. The Balaban J connectivity index is 2.36. The van der Waals surface area contributed by atoms with E-state index in [0.29, 0.717) is 5.02 Å². The lowest BCUT2D eigenvalue weighted by molar-refractivity contribution is 0.102. The SMILES string of the molecule is O=C(Nc1ccc(Cl)cc1Cl)c1nn(P(=O)(O)O)c(Cl)c1Cl. The van der Waals surface area contributed by atoms with Gasteiger partial charge in [0, 0.05) is 5.02 Å². The van der Waals surface area contributed by atoms with Gasteiger partial charge in [0.25, 0.3) is 5.91 Å². The number of nitrogens with zero attached hydrogens (tertiary/aromatic N) is 2. The zero-order valence-electron chi connectivity index (χ0n) is 10.3. The molecule has 0 aliphatic heterocycles. The molecule has 0 atom stereocenters. The van der Waals surface area contributed by atoms with Crippen LogP contribution in [0.15, 0.2) is 18.2 Å². The summed E-state index contributed by atoms with van der Waals surface area (Å²) in [6, 6.07) is 4.34. The van der Waals surface area contributed by atoms with E-state index in [9.17, 15) is 9.36 Å². The number of benzene rings is 1. The Labute approximate surface area is 143 Å². The maximum absolute atomic E-state index is 12.1. The second kappa shape index (κ2) is 6.37. The average Bonchev–Trinajstić information content (AvgIpc) is 2.69. The molecular weight excluding hydrogens is 399 g/mol. The summed E-state index contributed by atoms with van der Waals surface area (Å²) < 4.78 is 11.3. The van der Waals surface area contributed by atoms with Gasteiger partial charge in [-0.05, 0) is 18.2 Å². The highest BCUT2D eigenvalue weighted by Crippen LogP contribution is 2.42. The van der Waals surface area contributed by atoms with Crippen molar-refractivity contribution in [3.8, 4) is 0 Å². The molecule has 118 valence electrons. The van der Waals surface area contributed by atoms with Crippen LogP contribution in [0.5, 0.6) is 0 Å². The summed E-state index contributed by atoms with van der Waals surface area (Å²) in [7, 11) is -4.83. The van der Waals surface area contributed by atoms with Crippen molar-refractivity contribution in [2.75, 3.05) is 5.32 Å². The highest BCUT2D eigenvalue weighted by atomic mass is 35.5. The standard InChI is InChI=1S/C10H6Cl4N3O4P/c11-4-1-2-6(5(12)3-4)15-10(18)8-7(13)9(14)17(16-8)22(19,20)21/h1-3H,(H,15,18)(H2,19,20,21). The van der Waals surface area contributed by atoms with Gasteiger partial charge < -0.3 is 15.1 Å². The van der Waals surface area contributed by atoms with E-state index in [-0.39, 0.29) is 15.2 Å². The van der Waals surface area contributed by atoms with E-state index < -0.39 is 29.5 Å². The largest absolute Gasteiger partial charge is 0.451 e. The molecule has 0 aliphatic carbocycles. The van der Waals surface area contributed by atoms with E-state index in [2.05, 4.69) is 10.4 Å². The van der Waals surface area contributed by atoms with Crippen molar-refractivity contribution in [1.82, 2.24) is 9.55 Å². The molecule has 1 heterocycles. The first-order chi connectivity index (χ1) is 10.1. The Kier molecular flexibility index (Phi) is 5.09. The lowest BCUT2D eigenvalue weighted by Crippen LogP contribution is -2.14. The molecule has 0 unspecified atom stereocenters. The Hall–Kier alpha value is -0.790. The summed E-state index contributed by atoms with van der Waals surface area (Å²) in [6.45, 7) is 0. The summed E-state index contributed by atoms with van der Waals surface area (Å²) >= 11 is 23.1. The quantitative estimate of drug-likeness (QED) is 0.676. The number of amides is 1. The molecule has 0 saturated carbocycles. The molecule has 7 nitrogen and oxygen atoms in total. The van der Waals surface area contributed by atoms with E-state index in [0.717, 1.165) is 0 Å². The fraction of sp³-hybridized carbons (Fsp3) is 0. The first-order valence-corrected chi connectivity index (χ1v) is 8.45. The number of carbonyl (C=O) groups is 1. The van der Waals surface area contributed by atoms with Gasteiger partial charge in [0.2, 0.25) is 0 Å². The monoisotopic (exact) mass is 403 g/mol. The van der Waals surface area contributed by atoms with Gasteiger partial charge >= 0.3 is 7.75 Å². The molecule has 22 heavy (non-hydrogen) atoms. The van der Waals surface area contributed by atoms with Crippen LogP contribution in [0.25, 0.3) is 0 Å². The zero-order valence-corrected chi connectivity index (χ0v) is 14.2. The second-order valence-corrected chi connectivity index (χ2v) is 6.92. The fourth-order valence-electron chi connectivity index (χ4n) is 1.46. The smallest absolute Gasteiger partial charge is 0.319 e. The third kappa shape index (κ3) is 3.58. The number of rotatable bonds is 3. The van der Waals surface area contributed by atoms with Crippen molar-refractivity contribution in [2.24, 2.45) is 0 Å². The normalized spacial score (nSPS) is 11.5. The van der Waals surface area contributed by atoms with Crippen LogP contribution in [0.1, 0.15) is 10.5 Å². The number of carbonyl (C=O) groups excluding carboxylic acids is 1. The van der Waals surface area contributed by atoms with E-state index in [1.165, 1.54) is 18.2 Å². The van der Waals surface area contributed by atoms with Crippen molar-refractivity contribution < 1.29 is 19.1 Å². The summed E-state index contributed by atoms with van der Waals surface area (Å²) in [5, 5.41) is 5.40. The van der Waals surface area contributed by atoms with Crippen LogP contribution < -0.4 is 5.32 Å². The molecule has 0 bridgehead atoms. The van der Waals surface area contributed by atoms with Crippen molar-refractivity contribution in [2.45, 2.75) is 0 Å². The minimum Gasteiger partial charge on any atom is -0.319 e.